The Bertz CT molecular complexity index is 943. The number of nitrogens with zero attached hydrogens (tertiary/aromatic N) is 2. The van der Waals surface area contributed by atoms with E-state index in [0.29, 0.717) is 30.2 Å². The Balaban J connectivity index is 1.60. The van der Waals surface area contributed by atoms with Crippen LogP contribution in [0.25, 0.3) is 0 Å². The maximum atomic E-state index is 12.9. The lowest BCUT2D eigenvalue weighted by Gasteiger charge is -2.19. The van der Waals surface area contributed by atoms with Crippen LogP contribution in [0, 0.1) is 0 Å². The van der Waals surface area contributed by atoms with Gasteiger partial charge in [-0.05, 0) is 25.5 Å². The van der Waals surface area contributed by atoms with Crippen molar-refractivity contribution in [3.05, 3.63) is 40.7 Å². The first kappa shape index (κ1) is 17.8. The van der Waals surface area contributed by atoms with Gasteiger partial charge in [-0.25, -0.2) is 13.1 Å². The fraction of sp³-hybridized carbons (Fsp3) is 0.471. The first-order chi connectivity index (χ1) is 12.3. The highest BCUT2D eigenvalue weighted by Crippen LogP contribution is 2.38. The lowest BCUT2D eigenvalue weighted by Crippen LogP contribution is -2.36. The van der Waals surface area contributed by atoms with Crippen LogP contribution in [0.15, 0.2) is 29.4 Å². The van der Waals surface area contributed by atoms with Crippen LogP contribution in [0.5, 0.6) is 5.75 Å². The maximum absolute atomic E-state index is 12.9. The van der Waals surface area contributed by atoms with Crippen LogP contribution in [0.4, 0.5) is 0 Å². The molecule has 0 radical (unpaired) electrons. The number of ether oxygens (including phenoxy) is 2. The van der Waals surface area contributed by atoms with Gasteiger partial charge in [0.25, 0.3) is 0 Å². The number of benzene rings is 1. The van der Waals surface area contributed by atoms with E-state index in [2.05, 4.69) is 9.82 Å². The van der Waals surface area contributed by atoms with Gasteiger partial charge in [-0.3, -0.25) is 4.68 Å². The van der Waals surface area contributed by atoms with Crippen LogP contribution in [0.3, 0.4) is 0 Å². The Labute approximate surface area is 157 Å². The van der Waals surface area contributed by atoms with Crippen LogP contribution in [-0.2, 0) is 28.2 Å². The molecule has 1 saturated heterocycles. The van der Waals surface area contributed by atoms with Crippen molar-refractivity contribution in [3.63, 3.8) is 0 Å². The van der Waals surface area contributed by atoms with E-state index in [1.165, 1.54) is 6.07 Å². The summed E-state index contributed by atoms with van der Waals surface area (Å²) in [7, 11) is -1.92. The molecule has 1 aromatic heterocycles. The van der Waals surface area contributed by atoms with Crippen LogP contribution in [0.1, 0.15) is 30.6 Å². The van der Waals surface area contributed by atoms with Gasteiger partial charge >= 0.3 is 0 Å². The molecule has 4 rings (SSSR count). The molecule has 9 heteroatoms. The van der Waals surface area contributed by atoms with Crippen LogP contribution < -0.4 is 9.46 Å². The van der Waals surface area contributed by atoms with Gasteiger partial charge in [-0.2, -0.15) is 5.10 Å². The van der Waals surface area contributed by atoms with E-state index in [0.717, 1.165) is 11.1 Å². The van der Waals surface area contributed by atoms with Crippen molar-refractivity contribution in [3.8, 4) is 5.75 Å². The molecule has 0 amide bonds. The molecule has 0 unspecified atom stereocenters. The minimum absolute atomic E-state index is 0.00777. The average Bonchev–Trinajstić information content (AvgIpc) is 3.26. The second kappa shape index (κ2) is 6.53. The van der Waals surface area contributed by atoms with Crippen molar-refractivity contribution in [2.75, 3.05) is 6.61 Å². The number of nitrogens with one attached hydrogen (secondary N) is 1. The molecule has 3 heterocycles. The SMILES string of the molecule is C[C@@H]1Cc2cc(S(=O)(=O)N[C@H]3CCO[C@@H]3c3cnn(C)c3)cc(Cl)c2O1. The van der Waals surface area contributed by atoms with Crippen molar-refractivity contribution >= 4 is 21.6 Å². The summed E-state index contributed by atoms with van der Waals surface area (Å²) in [6, 6.07) is 2.73. The van der Waals surface area contributed by atoms with E-state index in [4.69, 9.17) is 21.1 Å². The second-order valence-corrected chi connectivity index (χ2v) is 8.90. The summed E-state index contributed by atoms with van der Waals surface area (Å²) in [5.74, 6) is 0.579. The van der Waals surface area contributed by atoms with Crippen molar-refractivity contribution in [2.24, 2.45) is 7.05 Å². The molecule has 7 nitrogen and oxygen atoms in total. The monoisotopic (exact) mass is 397 g/mol. The smallest absolute Gasteiger partial charge is 0.240 e. The Hall–Kier alpha value is -1.61. The molecule has 1 fully saturated rings. The molecule has 2 aliphatic heterocycles. The van der Waals surface area contributed by atoms with E-state index in [1.807, 2.05) is 20.2 Å². The van der Waals surface area contributed by atoms with Crippen molar-refractivity contribution in [1.29, 1.82) is 0 Å². The van der Waals surface area contributed by atoms with Gasteiger partial charge in [-0.15, -0.1) is 0 Å². The first-order valence-electron chi connectivity index (χ1n) is 8.45. The molecule has 3 atom stereocenters. The number of aryl methyl sites for hydroxylation is 1. The summed E-state index contributed by atoms with van der Waals surface area (Å²) in [5.41, 5.74) is 1.67. The normalized spacial score (nSPS) is 25.3. The highest BCUT2D eigenvalue weighted by molar-refractivity contribution is 7.89. The Kier molecular flexibility index (Phi) is 4.46. The Morgan fingerprint density at radius 2 is 2.19 bits per heavy atom. The predicted molar refractivity (Wildman–Crippen MR) is 95.9 cm³/mol. The zero-order valence-corrected chi connectivity index (χ0v) is 16.0. The van der Waals surface area contributed by atoms with Gasteiger partial charge in [0.15, 0.2) is 0 Å². The van der Waals surface area contributed by atoms with Gasteiger partial charge in [0.1, 0.15) is 18.0 Å². The topological polar surface area (TPSA) is 82.5 Å². The molecule has 0 spiro atoms. The summed E-state index contributed by atoms with van der Waals surface area (Å²) in [6.45, 7) is 2.42. The van der Waals surface area contributed by atoms with Crippen LogP contribution in [0.2, 0.25) is 5.02 Å². The van der Waals surface area contributed by atoms with Gasteiger partial charge in [0.05, 0.1) is 22.2 Å². The third-order valence-electron chi connectivity index (χ3n) is 4.68. The van der Waals surface area contributed by atoms with Crippen LogP contribution in [-0.4, -0.2) is 37.0 Å². The summed E-state index contributed by atoms with van der Waals surface area (Å²) >= 11 is 6.24. The summed E-state index contributed by atoms with van der Waals surface area (Å²) in [5, 5.41) is 4.45. The standard InChI is InChI=1S/C17H20ClN3O4S/c1-10-5-11-6-13(7-14(18)16(11)25-10)26(22,23)20-15-3-4-24-17(15)12-8-19-21(2)9-12/h6-10,15,17,20H,3-5H2,1-2H3/t10-,15+,17-/m1/s1. The van der Waals surface area contributed by atoms with Crippen molar-refractivity contribution < 1.29 is 17.9 Å². The summed E-state index contributed by atoms with van der Waals surface area (Å²) < 4.78 is 41.6. The van der Waals surface area contributed by atoms with Gasteiger partial charge in [0.2, 0.25) is 10.0 Å². The fourth-order valence-electron chi connectivity index (χ4n) is 3.51. The van der Waals surface area contributed by atoms with Gasteiger partial charge < -0.3 is 9.47 Å². The maximum Gasteiger partial charge on any atom is 0.240 e. The molecule has 0 aliphatic carbocycles. The number of aromatic nitrogens is 2. The lowest BCUT2D eigenvalue weighted by molar-refractivity contribution is 0.102. The van der Waals surface area contributed by atoms with Crippen molar-refractivity contribution in [2.45, 2.75) is 42.9 Å². The van der Waals surface area contributed by atoms with Crippen molar-refractivity contribution in [1.82, 2.24) is 14.5 Å². The zero-order chi connectivity index (χ0) is 18.5. The number of sulfonamides is 1. The predicted octanol–water partition coefficient (Wildman–Crippen LogP) is 2.21. The molecule has 0 bridgehead atoms. The van der Waals surface area contributed by atoms with Crippen LogP contribution >= 0.6 is 11.6 Å². The highest BCUT2D eigenvalue weighted by atomic mass is 35.5. The van der Waals surface area contributed by atoms with Gasteiger partial charge in [-0.1, -0.05) is 11.6 Å². The van der Waals surface area contributed by atoms with E-state index >= 15 is 0 Å². The lowest BCUT2D eigenvalue weighted by atomic mass is 10.1. The molecule has 1 aromatic carbocycles. The third kappa shape index (κ3) is 3.22. The molecule has 140 valence electrons. The molecule has 26 heavy (non-hydrogen) atoms. The first-order valence-corrected chi connectivity index (χ1v) is 10.3. The minimum Gasteiger partial charge on any atom is -0.489 e. The largest absolute Gasteiger partial charge is 0.489 e. The zero-order valence-electron chi connectivity index (χ0n) is 14.5. The minimum atomic E-state index is -3.74. The number of hydrogen-bond acceptors (Lipinski definition) is 5. The van der Waals surface area contributed by atoms with E-state index in [-0.39, 0.29) is 23.1 Å². The molecular formula is C17H20ClN3O4S. The van der Waals surface area contributed by atoms with E-state index in [1.54, 1.807) is 16.9 Å². The van der Waals surface area contributed by atoms with Gasteiger partial charge in [0, 0.05) is 37.4 Å². The molecular weight excluding hydrogens is 378 g/mol. The number of fused-ring (bicyclic) bond motifs is 1. The summed E-state index contributed by atoms with van der Waals surface area (Å²) in [4.78, 5) is 0.149. The molecule has 1 N–H and O–H groups in total. The van der Waals surface area contributed by atoms with E-state index in [9.17, 15) is 8.42 Å². The third-order valence-corrected chi connectivity index (χ3v) is 6.43. The number of rotatable bonds is 4. The Morgan fingerprint density at radius 3 is 2.92 bits per heavy atom. The highest BCUT2D eigenvalue weighted by Gasteiger charge is 2.35. The van der Waals surface area contributed by atoms with E-state index < -0.39 is 10.0 Å². The Morgan fingerprint density at radius 1 is 1.38 bits per heavy atom. The fourth-order valence-corrected chi connectivity index (χ4v) is 5.20. The summed E-state index contributed by atoms with van der Waals surface area (Å²) in [6.07, 6.45) is 4.41. The quantitative estimate of drug-likeness (QED) is 0.855. The molecule has 2 aliphatic rings. The second-order valence-electron chi connectivity index (χ2n) is 6.78. The number of halogens is 1. The number of hydrogen-bond donors (Lipinski definition) is 1. The molecule has 0 saturated carbocycles. The molecule has 2 aromatic rings. The average molecular weight is 398 g/mol.